The standard InChI is InChI=1S/C14H22N4O/c1-10-8-11(9-13(15)16-10)14(19)18-6-4-12(5-7-18)17(2)3/h8-9,12H,4-7H2,1-3H3,(H2,15,16). The number of anilines is 1. The lowest BCUT2D eigenvalue weighted by atomic mass is 10.0. The number of nitrogens with zero attached hydrogens (tertiary/aromatic N) is 3. The number of nitrogen functional groups attached to an aromatic ring is 1. The summed E-state index contributed by atoms with van der Waals surface area (Å²) >= 11 is 0. The van der Waals surface area contributed by atoms with Gasteiger partial charge in [0.15, 0.2) is 0 Å². The van der Waals surface area contributed by atoms with Crippen molar-refractivity contribution >= 4 is 11.7 Å². The van der Waals surface area contributed by atoms with Gasteiger partial charge in [0.25, 0.3) is 5.91 Å². The zero-order valence-electron chi connectivity index (χ0n) is 11.9. The largest absolute Gasteiger partial charge is 0.384 e. The van der Waals surface area contributed by atoms with Crippen LogP contribution in [0.5, 0.6) is 0 Å². The first-order chi connectivity index (χ1) is 8.97. The zero-order valence-corrected chi connectivity index (χ0v) is 11.9. The lowest BCUT2D eigenvalue weighted by Crippen LogP contribution is -2.44. The monoisotopic (exact) mass is 262 g/mol. The summed E-state index contributed by atoms with van der Waals surface area (Å²) in [7, 11) is 4.18. The molecule has 2 heterocycles. The number of amides is 1. The van der Waals surface area contributed by atoms with E-state index in [1.807, 2.05) is 11.8 Å². The number of aromatic nitrogens is 1. The zero-order chi connectivity index (χ0) is 14.0. The SMILES string of the molecule is Cc1cc(C(=O)N2CCC(N(C)C)CC2)cc(N)n1. The number of likely N-dealkylation sites (tertiary alicyclic amines) is 1. The van der Waals surface area contributed by atoms with Gasteiger partial charge in [-0.25, -0.2) is 4.98 Å². The minimum Gasteiger partial charge on any atom is -0.384 e. The molecule has 2 N–H and O–H groups in total. The van der Waals surface area contributed by atoms with Crippen molar-refractivity contribution in [1.82, 2.24) is 14.8 Å². The van der Waals surface area contributed by atoms with Crippen LogP contribution in [0.3, 0.4) is 0 Å². The van der Waals surface area contributed by atoms with Gasteiger partial charge >= 0.3 is 0 Å². The van der Waals surface area contributed by atoms with Crippen LogP contribution in [0, 0.1) is 6.92 Å². The highest BCUT2D eigenvalue weighted by Gasteiger charge is 2.24. The number of hydrogen-bond acceptors (Lipinski definition) is 4. The van der Waals surface area contributed by atoms with Crippen molar-refractivity contribution in [3.63, 3.8) is 0 Å². The molecule has 1 fully saturated rings. The van der Waals surface area contributed by atoms with E-state index in [4.69, 9.17) is 5.73 Å². The Morgan fingerprint density at radius 3 is 2.53 bits per heavy atom. The van der Waals surface area contributed by atoms with Crippen LogP contribution >= 0.6 is 0 Å². The molecule has 5 nitrogen and oxygen atoms in total. The molecule has 19 heavy (non-hydrogen) atoms. The van der Waals surface area contributed by atoms with E-state index in [9.17, 15) is 4.79 Å². The highest BCUT2D eigenvalue weighted by atomic mass is 16.2. The van der Waals surface area contributed by atoms with Gasteiger partial charge < -0.3 is 15.5 Å². The summed E-state index contributed by atoms with van der Waals surface area (Å²) in [6, 6.07) is 4.04. The maximum absolute atomic E-state index is 12.4. The predicted octanol–water partition coefficient (Wildman–Crippen LogP) is 1.14. The van der Waals surface area contributed by atoms with Gasteiger partial charge in [-0.2, -0.15) is 0 Å². The molecule has 0 spiro atoms. The average molecular weight is 262 g/mol. The van der Waals surface area contributed by atoms with E-state index in [-0.39, 0.29) is 5.91 Å². The highest BCUT2D eigenvalue weighted by Crippen LogP contribution is 2.17. The number of carbonyl (C=O) groups excluding carboxylic acids is 1. The normalized spacial score (nSPS) is 16.9. The Morgan fingerprint density at radius 2 is 2.00 bits per heavy atom. The Morgan fingerprint density at radius 1 is 1.37 bits per heavy atom. The molecule has 1 amide bonds. The fraction of sp³-hybridized carbons (Fsp3) is 0.571. The maximum Gasteiger partial charge on any atom is 0.254 e. The first kappa shape index (κ1) is 13.8. The fourth-order valence-corrected chi connectivity index (χ4v) is 2.59. The van der Waals surface area contributed by atoms with Crippen molar-refractivity contribution in [2.45, 2.75) is 25.8 Å². The third-order valence-electron chi connectivity index (χ3n) is 3.70. The fourth-order valence-electron chi connectivity index (χ4n) is 2.59. The number of nitrogens with two attached hydrogens (primary N) is 1. The van der Waals surface area contributed by atoms with Gasteiger partial charge in [0.1, 0.15) is 5.82 Å². The molecule has 0 aliphatic carbocycles. The third-order valence-corrected chi connectivity index (χ3v) is 3.70. The summed E-state index contributed by atoms with van der Waals surface area (Å²) in [6.07, 6.45) is 2.05. The van der Waals surface area contributed by atoms with E-state index in [2.05, 4.69) is 24.0 Å². The first-order valence-electron chi connectivity index (χ1n) is 6.67. The average Bonchev–Trinajstić information content (AvgIpc) is 2.37. The molecule has 1 aromatic heterocycles. The molecule has 0 aromatic carbocycles. The minimum absolute atomic E-state index is 0.0643. The molecular formula is C14H22N4O. The summed E-state index contributed by atoms with van der Waals surface area (Å²) in [5, 5.41) is 0. The number of pyridine rings is 1. The number of rotatable bonds is 2. The molecule has 5 heteroatoms. The van der Waals surface area contributed by atoms with Crippen molar-refractivity contribution in [2.24, 2.45) is 0 Å². The van der Waals surface area contributed by atoms with Crippen LogP contribution < -0.4 is 5.73 Å². The predicted molar refractivity (Wildman–Crippen MR) is 76.0 cm³/mol. The lowest BCUT2D eigenvalue weighted by molar-refractivity contribution is 0.0663. The third kappa shape index (κ3) is 3.23. The molecule has 1 aromatic rings. The van der Waals surface area contributed by atoms with Crippen molar-refractivity contribution in [3.8, 4) is 0 Å². The highest BCUT2D eigenvalue weighted by molar-refractivity contribution is 5.95. The molecule has 104 valence electrons. The van der Waals surface area contributed by atoms with E-state index in [0.29, 0.717) is 17.4 Å². The first-order valence-corrected chi connectivity index (χ1v) is 6.67. The summed E-state index contributed by atoms with van der Waals surface area (Å²) in [5.41, 5.74) is 7.13. The summed E-state index contributed by atoms with van der Waals surface area (Å²) in [6.45, 7) is 3.47. The Kier molecular flexibility index (Phi) is 4.04. The van der Waals surface area contributed by atoms with Crippen LogP contribution in [0.15, 0.2) is 12.1 Å². The van der Waals surface area contributed by atoms with Crippen molar-refractivity contribution in [1.29, 1.82) is 0 Å². The van der Waals surface area contributed by atoms with Gasteiger partial charge in [-0.05, 0) is 46.0 Å². The second-order valence-electron chi connectivity index (χ2n) is 5.41. The number of hydrogen-bond donors (Lipinski definition) is 1. The summed E-state index contributed by atoms with van der Waals surface area (Å²) in [4.78, 5) is 20.7. The van der Waals surface area contributed by atoms with Crippen molar-refractivity contribution < 1.29 is 4.79 Å². The van der Waals surface area contributed by atoms with E-state index in [1.165, 1.54) is 0 Å². The molecule has 0 radical (unpaired) electrons. The van der Waals surface area contributed by atoms with Gasteiger partial charge in [0, 0.05) is 30.4 Å². The Balaban J connectivity index is 2.05. The number of aryl methyl sites for hydroxylation is 1. The minimum atomic E-state index is 0.0643. The van der Waals surface area contributed by atoms with Gasteiger partial charge in [-0.3, -0.25) is 4.79 Å². The Bertz CT molecular complexity index is 444. The number of piperidine rings is 1. The van der Waals surface area contributed by atoms with Crippen molar-refractivity contribution in [2.75, 3.05) is 32.9 Å². The van der Waals surface area contributed by atoms with Crippen LogP contribution in [0.4, 0.5) is 5.82 Å². The molecule has 0 saturated carbocycles. The lowest BCUT2D eigenvalue weighted by Gasteiger charge is -2.35. The van der Waals surface area contributed by atoms with Crippen LogP contribution in [-0.4, -0.2) is 53.9 Å². The van der Waals surface area contributed by atoms with E-state index < -0.39 is 0 Å². The Labute approximate surface area is 114 Å². The molecule has 0 atom stereocenters. The van der Waals surface area contributed by atoms with Crippen LogP contribution in [0.25, 0.3) is 0 Å². The topological polar surface area (TPSA) is 62.5 Å². The maximum atomic E-state index is 12.4. The smallest absolute Gasteiger partial charge is 0.254 e. The molecular weight excluding hydrogens is 240 g/mol. The van der Waals surface area contributed by atoms with Gasteiger partial charge in [0.05, 0.1) is 0 Å². The summed E-state index contributed by atoms with van der Waals surface area (Å²) in [5.74, 6) is 0.473. The molecule has 1 saturated heterocycles. The van der Waals surface area contributed by atoms with E-state index >= 15 is 0 Å². The van der Waals surface area contributed by atoms with Crippen molar-refractivity contribution in [3.05, 3.63) is 23.4 Å². The van der Waals surface area contributed by atoms with Crippen LogP contribution in [0.2, 0.25) is 0 Å². The van der Waals surface area contributed by atoms with Gasteiger partial charge in [0.2, 0.25) is 0 Å². The van der Waals surface area contributed by atoms with Gasteiger partial charge in [-0.1, -0.05) is 0 Å². The second-order valence-corrected chi connectivity index (χ2v) is 5.41. The molecule has 0 unspecified atom stereocenters. The Hall–Kier alpha value is -1.62. The number of carbonyl (C=O) groups is 1. The summed E-state index contributed by atoms with van der Waals surface area (Å²) < 4.78 is 0. The quantitative estimate of drug-likeness (QED) is 0.868. The van der Waals surface area contributed by atoms with E-state index in [0.717, 1.165) is 31.6 Å². The van der Waals surface area contributed by atoms with Crippen LogP contribution in [0.1, 0.15) is 28.9 Å². The molecule has 0 bridgehead atoms. The van der Waals surface area contributed by atoms with Gasteiger partial charge in [-0.15, -0.1) is 0 Å². The molecule has 1 aliphatic heterocycles. The van der Waals surface area contributed by atoms with E-state index in [1.54, 1.807) is 12.1 Å². The molecule has 1 aliphatic rings. The van der Waals surface area contributed by atoms with Crippen LogP contribution in [-0.2, 0) is 0 Å². The molecule has 2 rings (SSSR count). The second kappa shape index (κ2) is 5.57.